The van der Waals surface area contributed by atoms with E-state index < -0.39 is 0 Å². The molecule has 4 N–H and O–H groups in total. The predicted octanol–water partition coefficient (Wildman–Crippen LogP) is 2.46. The smallest absolute Gasteiger partial charge is 0.182 e. The van der Waals surface area contributed by atoms with Crippen LogP contribution in [0.25, 0.3) is 0 Å². The second-order valence-electron chi connectivity index (χ2n) is 3.22. The topological polar surface area (TPSA) is 66.5 Å². The number of phenols is 2. The van der Waals surface area contributed by atoms with Gasteiger partial charge in [0.05, 0.1) is 10.7 Å². The minimum Gasteiger partial charge on any atom is -0.504 e. The van der Waals surface area contributed by atoms with Crippen LogP contribution in [0.3, 0.4) is 0 Å². The summed E-state index contributed by atoms with van der Waals surface area (Å²) in [6.45, 7) is 3.86. The minimum atomic E-state index is -0.352. The molecule has 0 aliphatic rings. The Morgan fingerprint density at radius 2 is 1.92 bits per heavy atom. The van der Waals surface area contributed by atoms with Gasteiger partial charge in [0.25, 0.3) is 0 Å². The summed E-state index contributed by atoms with van der Waals surface area (Å²) in [5.41, 5.74) is 6.24. The first-order chi connectivity index (χ1) is 5.95. The molecule has 3 nitrogen and oxygen atoms in total. The Balaban J connectivity index is 3.41. The molecule has 1 aromatic rings. The summed E-state index contributed by atoms with van der Waals surface area (Å²) < 4.78 is 0. The zero-order chi connectivity index (χ0) is 10.2. The number of nitrogen functional groups attached to an aromatic ring is 1. The Morgan fingerprint density at radius 3 is 2.38 bits per heavy atom. The summed E-state index contributed by atoms with van der Waals surface area (Å²) in [5, 5.41) is 18.8. The average Bonchev–Trinajstić information content (AvgIpc) is 2.07. The Morgan fingerprint density at radius 1 is 1.38 bits per heavy atom. The summed E-state index contributed by atoms with van der Waals surface area (Å²) in [6, 6.07) is 1.43. The van der Waals surface area contributed by atoms with Crippen molar-refractivity contribution in [3.8, 4) is 11.5 Å². The lowest BCUT2D eigenvalue weighted by Crippen LogP contribution is -1.95. The Labute approximate surface area is 81.8 Å². The standard InChI is InChI=1S/C9H12ClNO2/c1-4(2)5-3-6(12)9(13)8(11)7(5)10/h3-4,12-13H,11H2,1-2H3. The lowest BCUT2D eigenvalue weighted by atomic mass is 10.0. The van der Waals surface area contributed by atoms with E-state index in [9.17, 15) is 10.2 Å². The van der Waals surface area contributed by atoms with Crippen LogP contribution in [0.15, 0.2) is 6.07 Å². The highest BCUT2D eigenvalue weighted by atomic mass is 35.5. The second-order valence-corrected chi connectivity index (χ2v) is 3.59. The summed E-state index contributed by atoms with van der Waals surface area (Å²) >= 11 is 5.87. The molecule has 0 saturated heterocycles. The lowest BCUT2D eigenvalue weighted by Gasteiger charge is -2.12. The van der Waals surface area contributed by atoms with E-state index in [2.05, 4.69) is 0 Å². The van der Waals surface area contributed by atoms with Gasteiger partial charge in [-0.15, -0.1) is 0 Å². The molecule has 0 aliphatic carbocycles. The monoisotopic (exact) mass is 201 g/mol. The fraction of sp³-hybridized carbons (Fsp3) is 0.333. The van der Waals surface area contributed by atoms with Gasteiger partial charge in [-0.3, -0.25) is 0 Å². The fourth-order valence-electron chi connectivity index (χ4n) is 1.10. The third-order valence-electron chi connectivity index (χ3n) is 1.90. The van der Waals surface area contributed by atoms with Gasteiger partial charge < -0.3 is 15.9 Å². The molecule has 0 bridgehead atoms. The van der Waals surface area contributed by atoms with Crippen LogP contribution in [0.5, 0.6) is 11.5 Å². The molecule has 1 aromatic carbocycles. The van der Waals surface area contributed by atoms with E-state index in [0.29, 0.717) is 5.02 Å². The van der Waals surface area contributed by atoms with Gasteiger partial charge in [0.2, 0.25) is 0 Å². The van der Waals surface area contributed by atoms with Crippen LogP contribution in [-0.4, -0.2) is 10.2 Å². The molecule has 1 rings (SSSR count). The molecule has 0 radical (unpaired) electrons. The number of hydrogen-bond acceptors (Lipinski definition) is 3. The Bertz CT molecular complexity index is 337. The first-order valence-electron chi connectivity index (χ1n) is 3.95. The van der Waals surface area contributed by atoms with Gasteiger partial charge in [-0.2, -0.15) is 0 Å². The molecule has 0 fully saturated rings. The highest BCUT2D eigenvalue weighted by Crippen LogP contribution is 2.41. The van der Waals surface area contributed by atoms with Crippen molar-refractivity contribution in [2.45, 2.75) is 19.8 Å². The van der Waals surface area contributed by atoms with Gasteiger partial charge in [-0.1, -0.05) is 25.4 Å². The van der Waals surface area contributed by atoms with Gasteiger partial charge in [0.1, 0.15) is 0 Å². The van der Waals surface area contributed by atoms with Gasteiger partial charge in [0.15, 0.2) is 11.5 Å². The SMILES string of the molecule is CC(C)c1cc(O)c(O)c(N)c1Cl. The number of nitrogens with two attached hydrogens (primary N) is 1. The van der Waals surface area contributed by atoms with E-state index in [-0.39, 0.29) is 23.1 Å². The molecule has 13 heavy (non-hydrogen) atoms. The van der Waals surface area contributed by atoms with Crippen LogP contribution in [0.4, 0.5) is 5.69 Å². The molecule has 0 atom stereocenters. The van der Waals surface area contributed by atoms with Crippen LogP contribution in [0.1, 0.15) is 25.3 Å². The highest BCUT2D eigenvalue weighted by molar-refractivity contribution is 6.34. The number of halogens is 1. The zero-order valence-corrected chi connectivity index (χ0v) is 8.26. The number of phenolic OH excluding ortho intramolecular Hbond substituents is 2. The van der Waals surface area contributed by atoms with Gasteiger partial charge in [-0.25, -0.2) is 0 Å². The van der Waals surface area contributed by atoms with Gasteiger partial charge in [-0.05, 0) is 17.5 Å². The van der Waals surface area contributed by atoms with E-state index in [4.69, 9.17) is 17.3 Å². The molecule has 0 amide bonds. The van der Waals surface area contributed by atoms with E-state index in [1.807, 2.05) is 13.8 Å². The van der Waals surface area contributed by atoms with Crippen molar-refractivity contribution in [2.75, 3.05) is 5.73 Å². The maximum absolute atomic E-state index is 9.27. The highest BCUT2D eigenvalue weighted by Gasteiger charge is 2.15. The first kappa shape index (κ1) is 9.99. The third-order valence-corrected chi connectivity index (χ3v) is 2.32. The number of rotatable bonds is 1. The third kappa shape index (κ3) is 1.65. The predicted molar refractivity (Wildman–Crippen MR) is 53.3 cm³/mol. The number of benzene rings is 1. The van der Waals surface area contributed by atoms with Crippen molar-refractivity contribution in [2.24, 2.45) is 0 Å². The first-order valence-corrected chi connectivity index (χ1v) is 4.32. The number of hydrogen-bond donors (Lipinski definition) is 3. The molecular formula is C9H12ClNO2. The van der Waals surface area contributed by atoms with Crippen molar-refractivity contribution in [3.63, 3.8) is 0 Å². The summed E-state index contributed by atoms with van der Waals surface area (Å²) in [4.78, 5) is 0. The lowest BCUT2D eigenvalue weighted by molar-refractivity contribution is 0.405. The van der Waals surface area contributed by atoms with Crippen LogP contribution < -0.4 is 5.73 Å². The van der Waals surface area contributed by atoms with E-state index >= 15 is 0 Å². The fourth-order valence-corrected chi connectivity index (χ4v) is 1.46. The maximum atomic E-state index is 9.27. The van der Waals surface area contributed by atoms with Crippen LogP contribution in [-0.2, 0) is 0 Å². The Kier molecular flexibility index (Phi) is 2.57. The summed E-state index contributed by atoms with van der Waals surface area (Å²) in [6.07, 6.45) is 0. The second kappa shape index (κ2) is 3.34. The largest absolute Gasteiger partial charge is 0.504 e. The van der Waals surface area contributed by atoms with E-state index in [0.717, 1.165) is 5.56 Å². The number of anilines is 1. The normalized spacial score (nSPS) is 10.8. The molecule has 4 heteroatoms. The minimum absolute atomic E-state index is 0.0327. The zero-order valence-electron chi connectivity index (χ0n) is 7.50. The van der Waals surface area contributed by atoms with Crippen LogP contribution >= 0.6 is 11.6 Å². The number of aromatic hydroxyl groups is 2. The van der Waals surface area contributed by atoms with E-state index in [1.54, 1.807) is 0 Å². The maximum Gasteiger partial charge on any atom is 0.182 e. The molecular weight excluding hydrogens is 190 g/mol. The van der Waals surface area contributed by atoms with Crippen LogP contribution in [0, 0.1) is 0 Å². The quantitative estimate of drug-likeness (QED) is 0.483. The van der Waals surface area contributed by atoms with E-state index in [1.165, 1.54) is 6.07 Å². The molecule has 0 heterocycles. The summed E-state index contributed by atoms with van der Waals surface area (Å²) in [5.74, 6) is -0.429. The average molecular weight is 202 g/mol. The van der Waals surface area contributed by atoms with Crippen LogP contribution in [0.2, 0.25) is 5.02 Å². The van der Waals surface area contributed by atoms with Crippen molar-refractivity contribution in [1.29, 1.82) is 0 Å². The molecule has 0 saturated carbocycles. The molecule has 0 unspecified atom stereocenters. The molecule has 0 aromatic heterocycles. The molecule has 0 aliphatic heterocycles. The van der Waals surface area contributed by atoms with Crippen molar-refractivity contribution >= 4 is 17.3 Å². The van der Waals surface area contributed by atoms with Gasteiger partial charge >= 0.3 is 0 Å². The van der Waals surface area contributed by atoms with Crippen molar-refractivity contribution in [3.05, 3.63) is 16.7 Å². The van der Waals surface area contributed by atoms with Gasteiger partial charge in [0, 0.05) is 0 Å². The van der Waals surface area contributed by atoms with Crippen molar-refractivity contribution in [1.82, 2.24) is 0 Å². The van der Waals surface area contributed by atoms with Crippen molar-refractivity contribution < 1.29 is 10.2 Å². The summed E-state index contributed by atoms with van der Waals surface area (Å²) in [7, 11) is 0. The molecule has 0 spiro atoms. The molecule has 72 valence electrons. The Hall–Kier alpha value is -1.09.